The zero-order chi connectivity index (χ0) is 27.6. The van der Waals surface area contributed by atoms with Gasteiger partial charge in [-0.15, -0.1) is 0 Å². The van der Waals surface area contributed by atoms with Crippen molar-refractivity contribution in [3.8, 4) is 0 Å². The minimum atomic E-state index is -1.56. The predicted octanol–water partition coefficient (Wildman–Crippen LogP) is 1.91. The third kappa shape index (κ3) is 5.67. The Balaban J connectivity index is 1.49. The van der Waals surface area contributed by atoms with E-state index in [1.165, 1.54) is 12.1 Å². The molecular formula is C27H35F3N6O2. The highest BCUT2D eigenvalue weighted by Gasteiger charge is 2.49. The molecular weight excluding hydrogens is 497 g/mol. The first-order valence-electron chi connectivity index (χ1n) is 12.7. The van der Waals surface area contributed by atoms with Gasteiger partial charge in [-0.2, -0.15) is 0 Å². The number of allylic oxidation sites excluding steroid dienone is 2. The molecule has 11 heteroatoms. The summed E-state index contributed by atoms with van der Waals surface area (Å²) in [5.41, 5.74) is 9.09. The zero-order valence-electron chi connectivity index (χ0n) is 21.8. The molecule has 1 aromatic carbocycles. The number of Topliss-reactive ketones (excluding diaryl/α,β-unsaturated/α-hetero) is 1. The quantitative estimate of drug-likeness (QED) is 0.365. The molecule has 1 saturated carbocycles. The summed E-state index contributed by atoms with van der Waals surface area (Å²) in [4.78, 5) is 28.9. The minimum Gasteiger partial charge on any atom is -0.394 e. The Morgan fingerprint density at radius 3 is 2.58 bits per heavy atom. The third-order valence-corrected chi connectivity index (χ3v) is 7.37. The standard InChI is InChI=1S/C27H35F3N6O2/c1-15(11-32-2)17-6-16(7-19(28)8-17)12-33-13-23(37)25-26-22(4-5-34-25)35(3)27(36(26)14-24(31)38)18-9-20(29)21(30)10-18/h4-8,11,18,20-21,25,27,32-34H,9-10,12-14H2,1-3H3,(H2,31,38)/b15-11+. The topological polar surface area (TPSA) is 103 Å². The Morgan fingerprint density at radius 1 is 1.21 bits per heavy atom. The van der Waals surface area contributed by atoms with E-state index in [0.717, 1.165) is 11.1 Å². The fourth-order valence-electron chi connectivity index (χ4n) is 5.73. The van der Waals surface area contributed by atoms with Gasteiger partial charge in [-0.1, -0.05) is 0 Å². The lowest BCUT2D eigenvalue weighted by molar-refractivity contribution is -0.122. The van der Waals surface area contributed by atoms with Crippen molar-refractivity contribution in [2.24, 2.45) is 11.7 Å². The van der Waals surface area contributed by atoms with Gasteiger partial charge in [0.1, 0.15) is 30.4 Å². The molecule has 2 heterocycles. The lowest BCUT2D eigenvalue weighted by atomic mass is 10.0. The molecule has 0 spiro atoms. The summed E-state index contributed by atoms with van der Waals surface area (Å²) in [5.74, 6) is -1.55. The van der Waals surface area contributed by atoms with Gasteiger partial charge in [0.05, 0.1) is 24.5 Å². The van der Waals surface area contributed by atoms with Crippen LogP contribution in [0.25, 0.3) is 5.57 Å². The van der Waals surface area contributed by atoms with Gasteiger partial charge in [0.15, 0.2) is 5.78 Å². The number of hydrogen-bond donors (Lipinski definition) is 4. The largest absolute Gasteiger partial charge is 0.394 e. The molecule has 1 fully saturated rings. The maximum absolute atomic E-state index is 14.2. The Bertz CT molecular complexity index is 1160. The number of benzene rings is 1. The van der Waals surface area contributed by atoms with Crippen LogP contribution in [0.3, 0.4) is 0 Å². The van der Waals surface area contributed by atoms with Gasteiger partial charge in [0, 0.05) is 26.6 Å². The third-order valence-electron chi connectivity index (χ3n) is 7.37. The number of hydrogen-bond acceptors (Lipinski definition) is 7. The molecule has 2 aliphatic heterocycles. The summed E-state index contributed by atoms with van der Waals surface area (Å²) in [5, 5.41) is 9.08. The van der Waals surface area contributed by atoms with Crippen LogP contribution in [0, 0.1) is 11.7 Å². The first-order valence-corrected chi connectivity index (χ1v) is 12.7. The number of likely N-dealkylation sites (N-methyl/N-ethyl adjacent to an activating group) is 1. The van der Waals surface area contributed by atoms with Gasteiger partial charge < -0.3 is 31.5 Å². The molecule has 1 amide bonds. The predicted molar refractivity (Wildman–Crippen MR) is 139 cm³/mol. The Labute approximate surface area is 220 Å². The van der Waals surface area contributed by atoms with E-state index < -0.39 is 30.5 Å². The van der Waals surface area contributed by atoms with Crippen LogP contribution >= 0.6 is 0 Å². The van der Waals surface area contributed by atoms with E-state index in [4.69, 9.17) is 5.73 Å². The van der Waals surface area contributed by atoms with E-state index >= 15 is 0 Å². The summed E-state index contributed by atoms with van der Waals surface area (Å²) in [6.07, 6.45) is 1.66. The molecule has 0 aromatic heterocycles. The van der Waals surface area contributed by atoms with Crippen LogP contribution in [0.4, 0.5) is 13.2 Å². The summed E-state index contributed by atoms with van der Waals surface area (Å²) < 4.78 is 42.4. The van der Waals surface area contributed by atoms with Crippen LogP contribution in [0.1, 0.15) is 30.9 Å². The Morgan fingerprint density at radius 2 is 1.92 bits per heavy atom. The smallest absolute Gasteiger partial charge is 0.237 e. The van der Waals surface area contributed by atoms with E-state index in [0.29, 0.717) is 17.0 Å². The fraction of sp³-hybridized carbons (Fsp3) is 0.481. The number of dihydropyridines is 1. The van der Waals surface area contributed by atoms with Crippen molar-refractivity contribution < 1.29 is 22.8 Å². The highest BCUT2D eigenvalue weighted by molar-refractivity contribution is 5.90. The summed E-state index contributed by atoms with van der Waals surface area (Å²) in [7, 11) is 3.56. The van der Waals surface area contributed by atoms with Crippen molar-refractivity contribution in [2.75, 3.05) is 27.2 Å². The summed E-state index contributed by atoms with van der Waals surface area (Å²) in [6, 6.07) is 3.93. The number of ketones is 1. The maximum atomic E-state index is 14.2. The van der Waals surface area contributed by atoms with Crippen molar-refractivity contribution in [2.45, 2.75) is 50.9 Å². The zero-order valence-corrected chi connectivity index (χ0v) is 21.8. The van der Waals surface area contributed by atoms with Gasteiger partial charge in [0.25, 0.3) is 0 Å². The van der Waals surface area contributed by atoms with E-state index in [1.807, 2.05) is 17.9 Å². The van der Waals surface area contributed by atoms with E-state index in [1.54, 1.807) is 37.5 Å². The average molecular weight is 533 g/mol. The van der Waals surface area contributed by atoms with Crippen molar-refractivity contribution in [3.63, 3.8) is 0 Å². The van der Waals surface area contributed by atoms with Crippen LogP contribution < -0.4 is 21.7 Å². The molecule has 0 bridgehead atoms. The van der Waals surface area contributed by atoms with Crippen LogP contribution in [0.2, 0.25) is 0 Å². The van der Waals surface area contributed by atoms with E-state index in [2.05, 4.69) is 16.0 Å². The number of nitrogens with two attached hydrogens (primary N) is 1. The van der Waals surface area contributed by atoms with Gasteiger partial charge in [-0.3, -0.25) is 9.59 Å². The molecule has 0 radical (unpaired) electrons. The minimum absolute atomic E-state index is 0.0270. The Kier molecular flexibility index (Phi) is 8.35. The van der Waals surface area contributed by atoms with Crippen LogP contribution in [0.15, 0.2) is 48.1 Å². The van der Waals surface area contributed by atoms with Crippen LogP contribution in [0.5, 0.6) is 0 Å². The second kappa shape index (κ2) is 11.5. The summed E-state index contributed by atoms with van der Waals surface area (Å²) >= 11 is 0. The lowest BCUT2D eigenvalue weighted by Crippen LogP contribution is -2.51. The first-order chi connectivity index (χ1) is 18.1. The highest BCUT2D eigenvalue weighted by atomic mass is 19.2. The van der Waals surface area contributed by atoms with E-state index in [-0.39, 0.29) is 50.0 Å². The van der Waals surface area contributed by atoms with Crippen LogP contribution in [-0.4, -0.2) is 73.2 Å². The molecule has 0 saturated heterocycles. The molecule has 4 rings (SSSR count). The van der Waals surface area contributed by atoms with Gasteiger partial charge >= 0.3 is 0 Å². The maximum Gasteiger partial charge on any atom is 0.237 e. The molecule has 4 atom stereocenters. The number of rotatable bonds is 10. The number of carbonyl (C=O) groups excluding carboxylic acids is 2. The molecule has 1 aromatic rings. The SMILES string of the molecule is CN/C=C(\C)c1cc(F)cc(CNCC(=O)C2NC=CC3=C2N(CC(N)=O)C(C2CC(F)C(F)C2)N3C)c1. The van der Waals surface area contributed by atoms with Crippen molar-refractivity contribution in [1.82, 2.24) is 25.8 Å². The second-order valence-electron chi connectivity index (χ2n) is 10.1. The normalized spacial score (nSPS) is 27.0. The molecule has 8 nitrogen and oxygen atoms in total. The second-order valence-corrected chi connectivity index (χ2v) is 10.1. The number of carbonyl (C=O) groups is 2. The molecule has 206 valence electrons. The number of nitrogens with zero attached hydrogens (tertiary/aromatic N) is 2. The molecule has 3 aliphatic rings. The highest BCUT2D eigenvalue weighted by Crippen LogP contribution is 2.43. The van der Waals surface area contributed by atoms with Gasteiger partial charge in [0.2, 0.25) is 5.91 Å². The molecule has 38 heavy (non-hydrogen) atoms. The Hall–Kier alpha value is -3.47. The lowest BCUT2D eigenvalue weighted by Gasteiger charge is -2.37. The van der Waals surface area contributed by atoms with Crippen molar-refractivity contribution >= 4 is 17.3 Å². The number of halogens is 3. The number of alkyl halides is 2. The number of primary amides is 1. The van der Waals surface area contributed by atoms with Gasteiger partial charge in [-0.05, 0) is 73.1 Å². The van der Waals surface area contributed by atoms with Crippen LogP contribution in [-0.2, 0) is 16.1 Å². The van der Waals surface area contributed by atoms with Gasteiger partial charge in [-0.25, -0.2) is 13.2 Å². The molecule has 5 N–H and O–H groups in total. The van der Waals surface area contributed by atoms with E-state index in [9.17, 15) is 22.8 Å². The molecule has 4 unspecified atom stereocenters. The monoisotopic (exact) mass is 532 g/mol. The fourth-order valence-corrected chi connectivity index (χ4v) is 5.73. The summed E-state index contributed by atoms with van der Waals surface area (Å²) in [6.45, 7) is 1.93. The first kappa shape index (κ1) is 27.6. The average Bonchev–Trinajstić information content (AvgIpc) is 3.33. The number of amides is 1. The van der Waals surface area contributed by atoms with Crippen molar-refractivity contribution in [1.29, 1.82) is 0 Å². The molecule has 1 aliphatic carbocycles. The number of nitrogens with one attached hydrogen (secondary N) is 3. The van der Waals surface area contributed by atoms with Crippen molar-refractivity contribution in [3.05, 3.63) is 65.0 Å².